The molecule has 0 unspecified atom stereocenters. The van der Waals surface area contributed by atoms with Gasteiger partial charge in [-0.2, -0.15) is 0 Å². The van der Waals surface area contributed by atoms with Crippen LogP contribution in [0.2, 0.25) is 0 Å². The van der Waals surface area contributed by atoms with Crippen molar-refractivity contribution in [2.45, 2.75) is 32.6 Å². The first-order valence-electron chi connectivity index (χ1n) is 10.1. The Labute approximate surface area is 173 Å². The van der Waals surface area contributed by atoms with Gasteiger partial charge in [0.25, 0.3) is 0 Å². The number of fused-ring (bicyclic) bond motifs is 3. The van der Waals surface area contributed by atoms with Crippen LogP contribution < -0.4 is 5.32 Å². The van der Waals surface area contributed by atoms with Gasteiger partial charge < -0.3 is 5.11 Å². The van der Waals surface area contributed by atoms with Gasteiger partial charge in [0.05, 0.1) is 11.8 Å². The summed E-state index contributed by atoms with van der Waals surface area (Å²) in [7, 11) is 0. The zero-order valence-corrected chi connectivity index (χ0v) is 16.7. The van der Waals surface area contributed by atoms with Crippen molar-refractivity contribution in [3.63, 3.8) is 0 Å². The van der Waals surface area contributed by atoms with Gasteiger partial charge >= 0.3 is 0 Å². The molecule has 1 fully saturated rings. The quantitative estimate of drug-likeness (QED) is 0.426. The summed E-state index contributed by atoms with van der Waals surface area (Å²) in [6, 6.07) is 5.35. The molecule has 1 saturated heterocycles. The van der Waals surface area contributed by atoms with Crippen molar-refractivity contribution in [1.29, 1.82) is 0 Å². The van der Waals surface area contributed by atoms with Gasteiger partial charge in [-0.3, -0.25) is 24.5 Å². The molecule has 0 spiro atoms. The van der Waals surface area contributed by atoms with E-state index in [1.165, 1.54) is 6.08 Å². The number of imide groups is 1. The number of carbonyl (C=O) groups is 4. The first-order chi connectivity index (χ1) is 14.3. The Morgan fingerprint density at radius 3 is 2.57 bits per heavy atom. The van der Waals surface area contributed by atoms with Gasteiger partial charge in [-0.1, -0.05) is 29.8 Å². The molecule has 1 aliphatic heterocycles. The number of hydrogen-bond acceptors (Lipinski definition) is 5. The standard InChI is InChI=1S/C24H21NO5/c1-10-4-3-5-13(21(10)27)18-12-6-7-14-19(24(30)25-23(14)29)15(12)9-16-17(26)8-11(2)22(28)20(16)18/h3-6,8,14-15,18-19,27H,7,9H2,1-2H3,(H,25,29,30)/t14-,15+,18+,19-/m0/s1. The smallest absolute Gasteiger partial charge is 0.231 e. The monoisotopic (exact) mass is 403 g/mol. The number of phenolic OH excluding ortho intramolecular Hbond substituents is 1. The van der Waals surface area contributed by atoms with Crippen LogP contribution in [0.3, 0.4) is 0 Å². The normalized spacial score (nSPS) is 30.3. The van der Waals surface area contributed by atoms with Crippen molar-refractivity contribution in [2.24, 2.45) is 17.8 Å². The molecule has 1 aromatic carbocycles. The third kappa shape index (κ3) is 2.43. The van der Waals surface area contributed by atoms with Gasteiger partial charge in [0.1, 0.15) is 5.75 Å². The van der Waals surface area contributed by atoms with Crippen LogP contribution in [0, 0.1) is 24.7 Å². The van der Waals surface area contributed by atoms with Crippen molar-refractivity contribution >= 4 is 23.4 Å². The number of aryl methyl sites for hydroxylation is 1. The summed E-state index contributed by atoms with van der Waals surface area (Å²) in [6.07, 6.45) is 3.94. The Morgan fingerprint density at radius 2 is 1.80 bits per heavy atom. The van der Waals surface area contributed by atoms with Crippen molar-refractivity contribution in [2.75, 3.05) is 0 Å². The van der Waals surface area contributed by atoms with Crippen LogP contribution in [0.15, 0.2) is 52.6 Å². The topological polar surface area (TPSA) is 101 Å². The molecular weight excluding hydrogens is 382 g/mol. The third-order valence-electron chi connectivity index (χ3n) is 6.99. The molecule has 152 valence electrons. The largest absolute Gasteiger partial charge is 0.507 e. The number of rotatable bonds is 1. The van der Waals surface area contributed by atoms with Crippen molar-refractivity contribution < 1.29 is 24.3 Å². The number of ketones is 2. The number of carbonyl (C=O) groups excluding carboxylic acids is 4. The SMILES string of the molecule is CC1=CC(=O)C2=C(C1=O)[C@@H](c1cccc(C)c1O)C1=CC[C@@H]3C(=O)NC(=O)[C@@H]3[C@@H]1C2. The van der Waals surface area contributed by atoms with Crippen LogP contribution >= 0.6 is 0 Å². The highest BCUT2D eigenvalue weighted by molar-refractivity contribution is 6.23. The first-order valence-corrected chi connectivity index (χ1v) is 10.1. The molecule has 0 saturated carbocycles. The van der Waals surface area contributed by atoms with Gasteiger partial charge in [-0.25, -0.2) is 0 Å². The van der Waals surface area contributed by atoms with Gasteiger partial charge in [0.2, 0.25) is 11.8 Å². The average Bonchev–Trinajstić information content (AvgIpc) is 3.01. The molecule has 0 aromatic heterocycles. The predicted octanol–water partition coefficient (Wildman–Crippen LogP) is 2.42. The highest BCUT2D eigenvalue weighted by Gasteiger charge is 2.53. The molecule has 0 radical (unpaired) electrons. The second kappa shape index (κ2) is 6.36. The minimum Gasteiger partial charge on any atom is -0.507 e. The maximum absolute atomic E-state index is 13.2. The van der Waals surface area contributed by atoms with Gasteiger partial charge in [-0.05, 0) is 44.2 Å². The summed E-state index contributed by atoms with van der Waals surface area (Å²) in [4.78, 5) is 50.9. The van der Waals surface area contributed by atoms with E-state index in [1.54, 1.807) is 26.0 Å². The molecule has 2 amide bonds. The minimum atomic E-state index is -0.608. The highest BCUT2D eigenvalue weighted by atomic mass is 16.3. The fourth-order valence-corrected chi connectivity index (χ4v) is 5.54. The van der Waals surface area contributed by atoms with Crippen LogP contribution in [-0.2, 0) is 19.2 Å². The van der Waals surface area contributed by atoms with E-state index in [2.05, 4.69) is 5.32 Å². The zero-order chi connectivity index (χ0) is 21.3. The van der Waals surface area contributed by atoms with E-state index in [9.17, 15) is 24.3 Å². The third-order valence-corrected chi connectivity index (χ3v) is 6.99. The van der Waals surface area contributed by atoms with Crippen molar-refractivity contribution in [1.82, 2.24) is 5.32 Å². The number of benzene rings is 1. The van der Waals surface area contributed by atoms with Gasteiger partial charge in [0, 0.05) is 28.2 Å². The van der Waals surface area contributed by atoms with E-state index in [4.69, 9.17) is 0 Å². The van der Waals surface area contributed by atoms with E-state index < -0.39 is 17.8 Å². The molecule has 4 atom stereocenters. The lowest BCUT2D eigenvalue weighted by molar-refractivity contribution is -0.126. The fourth-order valence-electron chi connectivity index (χ4n) is 5.54. The molecule has 5 rings (SSSR count). The van der Waals surface area contributed by atoms with Gasteiger partial charge in [-0.15, -0.1) is 0 Å². The Kier molecular flexibility index (Phi) is 3.97. The number of phenols is 1. The summed E-state index contributed by atoms with van der Waals surface area (Å²) in [6.45, 7) is 3.40. The Hall–Kier alpha value is -3.28. The molecule has 4 aliphatic rings. The van der Waals surface area contributed by atoms with E-state index in [0.717, 1.165) is 5.57 Å². The van der Waals surface area contributed by atoms with Gasteiger partial charge in [0.15, 0.2) is 11.6 Å². The number of aromatic hydroxyl groups is 1. The van der Waals surface area contributed by atoms with Crippen LogP contribution in [0.4, 0.5) is 0 Å². The molecule has 1 heterocycles. The molecule has 6 heteroatoms. The van der Waals surface area contributed by atoms with E-state index in [1.807, 2.05) is 12.1 Å². The number of Topliss-reactive ketones (excluding diaryl/α,β-unsaturated/α-hetero) is 1. The molecule has 30 heavy (non-hydrogen) atoms. The Balaban J connectivity index is 1.76. The van der Waals surface area contributed by atoms with Crippen LogP contribution in [0.1, 0.15) is 36.8 Å². The Morgan fingerprint density at radius 1 is 1.03 bits per heavy atom. The summed E-state index contributed by atoms with van der Waals surface area (Å²) in [5, 5.41) is 13.3. The fraction of sp³-hybridized carbons (Fsp3) is 0.333. The minimum absolute atomic E-state index is 0.0810. The molecule has 1 aromatic rings. The van der Waals surface area contributed by atoms with E-state index in [0.29, 0.717) is 34.3 Å². The number of para-hydroxylation sites is 1. The number of allylic oxidation sites excluding steroid dienone is 6. The summed E-state index contributed by atoms with van der Waals surface area (Å²) in [5.41, 5.74) is 3.23. The van der Waals surface area contributed by atoms with Crippen molar-refractivity contribution in [3.05, 3.63) is 63.8 Å². The van der Waals surface area contributed by atoms with Crippen LogP contribution in [0.25, 0.3) is 0 Å². The lowest BCUT2D eigenvalue weighted by Gasteiger charge is -2.42. The second-order valence-electron chi connectivity index (χ2n) is 8.59. The first kappa shape index (κ1) is 18.7. The molecule has 2 N–H and O–H groups in total. The molecule has 3 aliphatic carbocycles. The van der Waals surface area contributed by atoms with E-state index >= 15 is 0 Å². The number of amides is 2. The maximum Gasteiger partial charge on any atom is 0.231 e. The summed E-state index contributed by atoms with van der Waals surface area (Å²) in [5.74, 6) is -2.94. The second-order valence-corrected chi connectivity index (χ2v) is 8.59. The lowest BCUT2D eigenvalue weighted by Crippen LogP contribution is -2.39. The molecular formula is C24H21NO5. The maximum atomic E-state index is 13.2. The molecule has 0 bridgehead atoms. The summed E-state index contributed by atoms with van der Waals surface area (Å²) >= 11 is 0. The average molecular weight is 403 g/mol. The zero-order valence-electron chi connectivity index (χ0n) is 16.7. The summed E-state index contributed by atoms with van der Waals surface area (Å²) < 4.78 is 0. The number of nitrogens with one attached hydrogen (secondary N) is 1. The van der Waals surface area contributed by atoms with Crippen LogP contribution in [-0.4, -0.2) is 28.5 Å². The van der Waals surface area contributed by atoms with Crippen LogP contribution in [0.5, 0.6) is 5.75 Å². The number of hydrogen-bond donors (Lipinski definition) is 2. The Bertz CT molecular complexity index is 1150. The highest BCUT2D eigenvalue weighted by Crippen LogP contribution is 2.55. The van der Waals surface area contributed by atoms with Crippen molar-refractivity contribution in [3.8, 4) is 5.75 Å². The van der Waals surface area contributed by atoms with E-state index in [-0.39, 0.29) is 41.5 Å². The lowest BCUT2D eigenvalue weighted by atomic mass is 9.59. The molecule has 6 nitrogen and oxygen atoms in total. The predicted molar refractivity (Wildman–Crippen MR) is 107 cm³/mol.